The molecule has 0 atom stereocenters. The van der Waals surface area contributed by atoms with Crippen LogP contribution in [0.15, 0.2) is 38.6 Å². The first-order valence-corrected chi connectivity index (χ1v) is 10.6. The zero-order chi connectivity index (χ0) is 17.2. The van der Waals surface area contributed by atoms with Gasteiger partial charge in [-0.05, 0) is 66.4 Å². The molecule has 1 fully saturated rings. The van der Waals surface area contributed by atoms with E-state index in [1.165, 1.54) is 9.37 Å². The average molecular weight is 414 g/mol. The van der Waals surface area contributed by atoms with E-state index in [-0.39, 0.29) is 6.10 Å². The van der Waals surface area contributed by atoms with Crippen molar-refractivity contribution < 1.29 is 5.11 Å². The zero-order valence-corrected chi connectivity index (χ0v) is 16.8. The standard InChI is InChI=1S/C18H28BrN3OS/c1-2-20-18(22-12-9-15(23)10-13-22)21-11-5-6-14-24-17-8-4-3-7-16(17)19/h3-4,7-8,15,23H,2,5-6,9-14H2,1H3,(H,20,21). The van der Waals surface area contributed by atoms with Crippen LogP contribution >= 0.6 is 27.7 Å². The first-order valence-electron chi connectivity index (χ1n) is 8.79. The van der Waals surface area contributed by atoms with E-state index in [0.29, 0.717) is 0 Å². The third-order valence-corrected chi connectivity index (χ3v) is 6.12. The molecule has 0 aliphatic carbocycles. The molecule has 2 rings (SSSR count). The summed E-state index contributed by atoms with van der Waals surface area (Å²) in [6.45, 7) is 5.63. The molecule has 1 saturated heterocycles. The number of piperidine rings is 1. The number of benzene rings is 1. The van der Waals surface area contributed by atoms with Gasteiger partial charge in [0.05, 0.1) is 6.10 Å². The molecule has 0 bridgehead atoms. The number of unbranched alkanes of at least 4 members (excludes halogenated alkanes) is 1. The van der Waals surface area contributed by atoms with Crippen LogP contribution in [0.3, 0.4) is 0 Å². The minimum Gasteiger partial charge on any atom is -0.393 e. The summed E-state index contributed by atoms with van der Waals surface area (Å²) < 4.78 is 1.18. The molecule has 4 nitrogen and oxygen atoms in total. The van der Waals surface area contributed by atoms with E-state index in [2.05, 4.69) is 51.3 Å². The highest BCUT2D eigenvalue weighted by molar-refractivity contribution is 9.10. The van der Waals surface area contributed by atoms with Crippen LogP contribution in [0.1, 0.15) is 32.6 Å². The van der Waals surface area contributed by atoms with Crippen LogP contribution in [-0.4, -0.2) is 54.0 Å². The number of aliphatic hydroxyl groups excluding tert-OH is 1. The van der Waals surface area contributed by atoms with E-state index < -0.39 is 0 Å². The van der Waals surface area contributed by atoms with Gasteiger partial charge in [-0.2, -0.15) is 0 Å². The molecule has 0 unspecified atom stereocenters. The van der Waals surface area contributed by atoms with Crippen LogP contribution in [0.5, 0.6) is 0 Å². The molecule has 0 radical (unpaired) electrons. The molecule has 0 amide bonds. The number of hydrogen-bond acceptors (Lipinski definition) is 3. The van der Waals surface area contributed by atoms with E-state index in [9.17, 15) is 5.11 Å². The molecule has 6 heteroatoms. The topological polar surface area (TPSA) is 47.9 Å². The van der Waals surface area contributed by atoms with Crippen molar-refractivity contribution in [1.82, 2.24) is 10.2 Å². The number of hydrogen-bond donors (Lipinski definition) is 2. The van der Waals surface area contributed by atoms with Crippen molar-refractivity contribution in [3.05, 3.63) is 28.7 Å². The Kier molecular flexibility index (Phi) is 8.99. The van der Waals surface area contributed by atoms with Crippen LogP contribution in [0.25, 0.3) is 0 Å². The van der Waals surface area contributed by atoms with Crippen LogP contribution < -0.4 is 5.32 Å². The molecule has 1 heterocycles. The van der Waals surface area contributed by atoms with Gasteiger partial charge in [-0.1, -0.05) is 12.1 Å². The Bertz CT molecular complexity index is 519. The SMILES string of the molecule is CCNC(=NCCCCSc1ccccc1Br)N1CCC(O)CC1. The number of aliphatic imine (C=N–C) groups is 1. The van der Waals surface area contributed by atoms with Crippen molar-refractivity contribution in [1.29, 1.82) is 0 Å². The average Bonchev–Trinajstić information content (AvgIpc) is 2.59. The largest absolute Gasteiger partial charge is 0.393 e. The van der Waals surface area contributed by atoms with Crippen molar-refractivity contribution in [3.63, 3.8) is 0 Å². The second-order valence-corrected chi connectivity index (χ2v) is 7.93. The Morgan fingerprint density at radius 3 is 2.79 bits per heavy atom. The predicted molar refractivity (Wildman–Crippen MR) is 107 cm³/mol. The number of halogens is 1. The predicted octanol–water partition coefficient (Wildman–Crippen LogP) is 3.74. The minimum atomic E-state index is -0.140. The zero-order valence-electron chi connectivity index (χ0n) is 14.4. The summed E-state index contributed by atoms with van der Waals surface area (Å²) in [6, 6.07) is 8.37. The number of aliphatic hydroxyl groups is 1. The molecule has 2 N–H and O–H groups in total. The maximum atomic E-state index is 9.63. The van der Waals surface area contributed by atoms with E-state index in [0.717, 1.165) is 63.6 Å². The molecule has 0 aromatic heterocycles. The molecular weight excluding hydrogens is 386 g/mol. The Hall–Kier alpha value is -0.720. The lowest BCUT2D eigenvalue weighted by Crippen LogP contribution is -2.46. The number of likely N-dealkylation sites (tertiary alicyclic amines) is 1. The smallest absolute Gasteiger partial charge is 0.193 e. The highest BCUT2D eigenvalue weighted by Gasteiger charge is 2.19. The third-order valence-electron chi connectivity index (χ3n) is 4.01. The summed E-state index contributed by atoms with van der Waals surface area (Å²) in [4.78, 5) is 8.33. The van der Waals surface area contributed by atoms with Crippen LogP contribution in [0, 0.1) is 0 Å². The number of rotatable bonds is 7. The van der Waals surface area contributed by atoms with Gasteiger partial charge in [0.2, 0.25) is 0 Å². The fraction of sp³-hybridized carbons (Fsp3) is 0.611. The van der Waals surface area contributed by atoms with Gasteiger partial charge in [0.1, 0.15) is 0 Å². The van der Waals surface area contributed by atoms with Gasteiger partial charge < -0.3 is 15.3 Å². The van der Waals surface area contributed by atoms with Crippen molar-refractivity contribution in [3.8, 4) is 0 Å². The van der Waals surface area contributed by atoms with E-state index >= 15 is 0 Å². The Balaban J connectivity index is 1.69. The Morgan fingerprint density at radius 1 is 1.33 bits per heavy atom. The van der Waals surface area contributed by atoms with Crippen LogP contribution in [-0.2, 0) is 0 Å². The Labute approximate surface area is 158 Å². The van der Waals surface area contributed by atoms with Crippen LogP contribution in [0.2, 0.25) is 0 Å². The quantitative estimate of drug-likeness (QED) is 0.309. The van der Waals surface area contributed by atoms with E-state index in [1.54, 1.807) is 0 Å². The van der Waals surface area contributed by atoms with Gasteiger partial charge in [-0.3, -0.25) is 4.99 Å². The molecule has 24 heavy (non-hydrogen) atoms. The summed E-state index contributed by atoms with van der Waals surface area (Å²) in [6.07, 6.45) is 3.80. The normalized spacial score (nSPS) is 16.5. The van der Waals surface area contributed by atoms with Gasteiger partial charge in [0.25, 0.3) is 0 Å². The van der Waals surface area contributed by atoms with Crippen molar-refractivity contribution in [2.75, 3.05) is 31.9 Å². The lowest BCUT2D eigenvalue weighted by Gasteiger charge is -2.32. The molecule has 0 saturated carbocycles. The van der Waals surface area contributed by atoms with Gasteiger partial charge in [0, 0.05) is 35.5 Å². The van der Waals surface area contributed by atoms with Gasteiger partial charge in [0.15, 0.2) is 5.96 Å². The Morgan fingerprint density at radius 2 is 2.08 bits per heavy atom. The number of nitrogens with one attached hydrogen (secondary N) is 1. The highest BCUT2D eigenvalue weighted by Crippen LogP contribution is 2.27. The van der Waals surface area contributed by atoms with E-state index in [4.69, 9.17) is 4.99 Å². The highest BCUT2D eigenvalue weighted by atomic mass is 79.9. The summed E-state index contributed by atoms with van der Waals surface area (Å²) in [5.74, 6) is 2.12. The summed E-state index contributed by atoms with van der Waals surface area (Å²) in [5.41, 5.74) is 0. The second kappa shape index (κ2) is 11.0. The number of thioether (sulfide) groups is 1. The fourth-order valence-electron chi connectivity index (χ4n) is 2.65. The third kappa shape index (κ3) is 6.65. The molecule has 1 aromatic rings. The van der Waals surface area contributed by atoms with Gasteiger partial charge >= 0.3 is 0 Å². The monoisotopic (exact) mass is 413 g/mol. The second-order valence-electron chi connectivity index (χ2n) is 5.94. The van der Waals surface area contributed by atoms with E-state index in [1.807, 2.05) is 17.8 Å². The fourth-order valence-corrected chi connectivity index (χ4v) is 4.22. The summed E-state index contributed by atoms with van der Waals surface area (Å²) in [7, 11) is 0. The maximum absolute atomic E-state index is 9.63. The number of nitrogens with zero attached hydrogens (tertiary/aromatic N) is 2. The van der Waals surface area contributed by atoms with Crippen molar-refractivity contribution in [2.24, 2.45) is 4.99 Å². The van der Waals surface area contributed by atoms with Crippen molar-refractivity contribution in [2.45, 2.75) is 43.6 Å². The summed E-state index contributed by atoms with van der Waals surface area (Å²) in [5, 5.41) is 13.0. The summed E-state index contributed by atoms with van der Waals surface area (Å²) >= 11 is 5.48. The molecule has 134 valence electrons. The molecule has 1 aliphatic heterocycles. The first-order chi connectivity index (χ1) is 11.7. The maximum Gasteiger partial charge on any atom is 0.193 e. The lowest BCUT2D eigenvalue weighted by molar-refractivity contribution is 0.108. The molecule has 1 aromatic carbocycles. The molecular formula is C18H28BrN3OS. The minimum absolute atomic E-state index is 0.140. The van der Waals surface area contributed by atoms with Crippen LogP contribution in [0.4, 0.5) is 0 Å². The van der Waals surface area contributed by atoms with Crippen molar-refractivity contribution >= 4 is 33.7 Å². The first kappa shape index (κ1) is 19.6. The number of guanidine groups is 1. The van der Waals surface area contributed by atoms with Gasteiger partial charge in [-0.25, -0.2) is 0 Å². The lowest BCUT2D eigenvalue weighted by atomic mass is 10.1. The van der Waals surface area contributed by atoms with Gasteiger partial charge in [-0.15, -0.1) is 11.8 Å². The molecule has 1 aliphatic rings. The molecule has 0 spiro atoms.